The van der Waals surface area contributed by atoms with Crippen molar-refractivity contribution in [3.8, 4) is 0 Å². The van der Waals surface area contributed by atoms with E-state index in [-0.39, 0.29) is 4.83 Å². The van der Waals surface area contributed by atoms with Gasteiger partial charge in [-0.1, -0.05) is 52.3 Å². The van der Waals surface area contributed by atoms with Crippen LogP contribution in [0.1, 0.15) is 50.6 Å². The molecule has 2 aliphatic rings. The topological polar surface area (TPSA) is 0 Å². The molecule has 4 rings (SSSR count). The SMILES string of the molecule is FC1c2ccccc2C(Br)c2ccc3c(c2C1F)C3. The molecule has 3 heteroatoms. The molecular formula is C16H11BrF2. The number of hydrogen-bond donors (Lipinski definition) is 0. The van der Waals surface area contributed by atoms with Crippen molar-refractivity contribution in [1.82, 2.24) is 0 Å². The van der Waals surface area contributed by atoms with Crippen LogP contribution in [-0.4, -0.2) is 0 Å². The van der Waals surface area contributed by atoms with E-state index in [1.165, 1.54) is 0 Å². The van der Waals surface area contributed by atoms with E-state index in [0.717, 1.165) is 28.7 Å². The highest BCUT2D eigenvalue weighted by Gasteiger charge is 2.39. The highest BCUT2D eigenvalue weighted by molar-refractivity contribution is 9.09. The lowest BCUT2D eigenvalue weighted by molar-refractivity contribution is 0.171. The minimum Gasteiger partial charge on any atom is -0.239 e. The molecule has 0 bridgehead atoms. The van der Waals surface area contributed by atoms with Gasteiger partial charge in [0.2, 0.25) is 0 Å². The fourth-order valence-electron chi connectivity index (χ4n) is 3.04. The molecule has 2 aromatic carbocycles. The first-order valence-corrected chi connectivity index (χ1v) is 7.25. The van der Waals surface area contributed by atoms with E-state index in [1.54, 1.807) is 12.1 Å². The molecule has 0 nitrogen and oxygen atoms in total. The van der Waals surface area contributed by atoms with Crippen LogP contribution in [-0.2, 0) is 6.42 Å². The predicted octanol–water partition coefficient (Wildman–Crippen LogP) is 5.11. The van der Waals surface area contributed by atoms with E-state index in [1.807, 2.05) is 24.3 Å². The second-order valence-corrected chi connectivity index (χ2v) is 6.09. The maximum atomic E-state index is 14.6. The predicted molar refractivity (Wildman–Crippen MR) is 74.2 cm³/mol. The molecule has 0 aromatic heterocycles. The van der Waals surface area contributed by atoms with Crippen LogP contribution in [0, 0.1) is 0 Å². The average Bonchev–Trinajstić information content (AvgIpc) is 3.23. The fraction of sp³-hybridized carbons (Fsp3) is 0.250. The van der Waals surface area contributed by atoms with Crippen molar-refractivity contribution in [2.75, 3.05) is 0 Å². The number of alkyl halides is 3. The lowest BCUT2D eigenvalue weighted by atomic mass is 10.00. The molecule has 0 heterocycles. The van der Waals surface area contributed by atoms with Crippen molar-refractivity contribution in [2.45, 2.75) is 23.6 Å². The van der Waals surface area contributed by atoms with Crippen molar-refractivity contribution < 1.29 is 8.78 Å². The quantitative estimate of drug-likeness (QED) is 0.505. The van der Waals surface area contributed by atoms with Gasteiger partial charge in [-0.15, -0.1) is 0 Å². The Morgan fingerprint density at radius 1 is 0.895 bits per heavy atom. The number of halogens is 3. The molecule has 3 atom stereocenters. The normalized spacial score (nSPS) is 27.0. The second-order valence-electron chi connectivity index (χ2n) is 5.18. The van der Waals surface area contributed by atoms with Gasteiger partial charge in [0.05, 0.1) is 4.83 Å². The maximum absolute atomic E-state index is 14.6. The summed E-state index contributed by atoms with van der Waals surface area (Å²) >= 11 is 3.61. The number of fused-ring (bicyclic) bond motifs is 4. The van der Waals surface area contributed by atoms with E-state index in [4.69, 9.17) is 0 Å². The largest absolute Gasteiger partial charge is 0.239 e. The number of hydrogen-bond acceptors (Lipinski definition) is 0. The second kappa shape index (κ2) is 3.89. The summed E-state index contributed by atoms with van der Waals surface area (Å²) in [5.41, 5.74) is 4.89. The third kappa shape index (κ3) is 1.54. The monoisotopic (exact) mass is 320 g/mol. The van der Waals surface area contributed by atoms with Gasteiger partial charge in [0.25, 0.3) is 0 Å². The van der Waals surface area contributed by atoms with E-state index < -0.39 is 12.3 Å². The molecule has 0 spiro atoms. The fourth-order valence-corrected chi connectivity index (χ4v) is 3.86. The van der Waals surface area contributed by atoms with Crippen LogP contribution >= 0.6 is 15.9 Å². The lowest BCUT2D eigenvalue weighted by Gasteiger charge is -2.13. The summed E-state index contributed by atoms with van der Waals surface area (Å²) in [5, 5.41) is 0. The van der Waals surface area contributed by atoms with Gasteiger partial charge in [-0.3, -0.25) is 0 Å². The molecule has 0 saturated carbocycles. The molecule has 0 saturated heterocycles. The Morgan fingerprint density at radius 3 is 2.42 bits per heavy atom. The zero-order valence-corrected chi connectivity index (χ0v) is 11.6. The van der Waals surface area contributed by atoms with E-state index in [2.05, 4.69) is 15.9 Å². The molecule has 19 heavy (non-hydrogen) atoms. The molecule has 0 aliphatic heterocycles. The summed E-state index contributed by atoms with van der Waals surface area (Å²) in [7, 11) is 0. The third-order valence-electron chi connectivity index (χ3n) is 4.10. The van der Waals surface area contributed by atoms with Gasteiger partial charge in [0.15, 0.2) is 12.3 Å². The van der Waals surface area contributed by atoms with Gasteiger partial charge >= 0.3 is 0 Å². The Labute approximate surface area is 118 Å². The summed E-state index contributed by atoms with van der Waals surface area (Å²) in [6.45, 7) is 0. The van der Waals surface area contributed by atoms with Crippen LogP contribution in [0.3, 0.4) is 0 Å². The molecular weight excluding hydrogens is 310 g/mol. The highest BCUT2D eigenvalue weighted by Crippen LogP contribution is 2.52. The zero-order chi connectivity index (χ0) is 13.1. The Morgan fingerprint density at radius 2 is 1.63 bits per heavy atom. The molecule has 96 valence electrons. The van der Waals surface area contributed by atoms with Crippen LogP contribution in [0.15, 0.2) is 36.4 Å². The zero-order valence-electron chi connectivity index (χ0n) is 10.0. The number of rotatable bonds is 0. The first-order chi connectivity index (χ1) is 9.18. The van der Waals surface area contributed by atoms with Crippen LogP contribution in [0.5, 0.6) is 0 Å². The Kier molecular flexibility index (Phi) is 2.37. The minimum absolute atomic E-state index is 0.136. The van der Waals surface area contributed by atoms with Gasteiger partial charge in [-0.05, 0) is 39.8 Å². The minimum atomic E-state index is -1.58. The van der Waals surface area contributed by atoms with Crippen molar-refractivity contribution in [3.05, 3.63) is 69.8 Å². The van der Waals surface area contributed by atoms with Gasteiger partial charge in [-0.25, -0.2) is 8.78 Å². The first-order valence-electron chi connectivity index (χ1n) is 6.34. The van der Waals surface area contributed by atoms with Crippen LogP contribution in [0.2, 0.25) is 0 Å². The molecule has 2 aliphatic carbocycles. The maximum Gasteiger partial charge on any atom is 0.161 e. The van der Waals surface area contributed by atoms with Crippen molar-refractivity contribution in [2.24, 2.45) is 0 Å². The standard InChI is InChI=1S/C16H11BrF2/c17-14-9-3-1-2-4-10(9)15(18)16(19)13-11(14)6-5-8-7-12(8)13/h1-6,14-16H,7H2. The molecule has 2 aromatic rings. The Balaban J connectivity index is 2.01. The molecule has 0 N–H and O–H groups in total. The van der Waals surface area contributed by atoms with Crippen LogP contribution in [0.4, 0.5) is 8.78 Å². The van der Waals surface area contributed by atoms with Gasteiger partial charge < -0.3 is 0 Å². The Bertz CT molecular complexity index is 680. The molecule has 0 amide bonds. The molecule has 0 radical (unpaired) electrons. The number of benzene rings is 2. The Hall–Kier alpha value is -1.22. The van der Waals surface area contributed by atoms with E-state index >= 15 is 0 Å². The van der Waals surface area contributed by atoms with Gasteiger partial charge in [-0.2, -0.15) is 0 Å². The van der Waals surface area contributed by atoms with E-state index in [0.29, 0.717) is 11.1 Å². The van der Waals surface area contributed by atoms with Crippen LogP contribution in [0.25, 0.3) is 0 Å². The average molecular weight is 321 g/mol. The smallest absolute Gasteiger partial charge is 0.161 e. The summed E-state index contributed by atoms with van der Waals surface area (Å²) in [6.07, 6.45) is -2.33. The first kappa shape index (κ1) is 11.6. The molecule has 0 fully saturated rings. The van der Waals surface area contributed by atoms with Crippen molar-refractivity contribution >= 4 is 15.9 Å². The highest BCUT2D eigenvalue weighted by atomic mass is 79.9. The van der Waals surface area contributed by atoms with Gasteiger partial charge in [0, 0.05) is 0 Å². The lowest BCUT2D eigenvalue weighted by Crippen LogP contribution is -2.02. The van der Waals surface area contributed by atoms with Gasteiger partial charge in [0.1, 0.15) is 0 Å². The summed E-state index contributed by atoms with van der Waals surface area (Å²) in [6, 6.07) is 11.1. The summed E-state index contributed by atoms with van der Waals surface area (Å²) in [4.78, 5) is -0.136. The summed E-state index contributed by atoms with van der Waals surface area (Å²) in [5.74, 6) is 0. The van der Waals surface area contributed by atoms with Crippen LogP contribution < -0.4 is 0 Å². The van der Waals surface area contributed by atoms with Crippen molar-refractivity contribution in [3.63, 3.8) is 0 Å². The van der Waals surface area contributed by atoms with E-state index in [9.17, 15) is 8.78 Å². The molecule has 3 unspecified atom stereocenters. The third-order valence-corrected chi connectivity index (χ3v) is 5.09. The summed E-state index contributed by atoms with van der Waals surface area (Å²) < 4.78 is 29.1. The van der Waals surface area contributed by atoms with Crippen molar-refractivity contribution in [1.29, 1.82) is 0 Å².